The van der Waals surface area contributed by atoms with Crippen molar-refractivity contribution in [2.75, 3.05) is 0 Å². The normalized spacial score (nSPS) is 11.0. The zero-order valence-corrected chi connectivity index (χ0v) is 22.8. The second-order valence-corrected chi connectivity index (χ2v) is 9.07. The fourth-order valence-electron chi connectivity index (χ4n) is 1.25. The van der Waals surface area contributed by atoms with E-state index in [9.17, 15) is 25.9 Å². The Morgan fingerprint density at radius 2 is 1.00 bits per heavy atom. The summed E-state index contributed by atoms with van der Waals surface area (Å²) in [6.07, 6.45) is 0. The molecule has 11 heteroatoms. The first-order valence-electron chi connectivity index (χ1n) is 5.43. The van der Waals surface area contributed by atoms with E-state index in [1.54, 1.807) is 12.1 Å². The van der Waals surface area contributed by atoms with Crippen LogP contribution < -0.4 is 0 Å². The molecule has 2 aromatic carbocycles. The molecule has 0 aliphatic rings. The fourth-order valence-corrected chi connectivity index (χ4v) is 3.79. The zero-order chi connectivity index (χ0) is 17.0. The van der Waals surface area contributed by atoms with Crippen LogP contribution in [0.3, 0.4) is 0 Å². The van der Waals surface area contributed by atoms with Crippen molar-refractivity contribution in [3.63, 3.8) is 0 Å². The van der Waals surface area contributed by atoms with Crippen LogP contribution in [0, 0.1) is 7.14 Å². The first kappa shape index (κ1) is 23.7. The van der Waals surface area contributed by atoms with E-state index in [0.29, 0.717) is 0 Å². The Morgan fingerprint density at radius 3 is 1.17 bits per heavy atom. The van der Waals surface area contributed by atoms with Gasteiger partial charge in [-0.15, -0.1) is 0 Å². The molecule has 120 valence electrons. The van der Waals surface area contributed by atoms with Crippen LogP contribution in [0.15, 0.2) is 58.3 Å². The average Bonchev–Trinajstić information content (AvgIpc) is 2.37. The van der Waals surface area contributed by atoms with Crippen molar-refractivity contribution < 1.29 is 53.6 Å². The van der Waals surface area contributed by atoms with Crippen LogP contribution >= 0.6 is 45.2 Å². The van der Waals surface area contributed by atoms with Crippen molar-refractivity contribution in [3.8, 4) is 0 Å². The number of benzene rings is 2. The predicted molar refractivity (Wildman–Crippen MR) is 94.2 cm³/mol. The van der Waals surface area contributed by atoms with Crippen LogP contribution in [0.25, 0.3) is 0 Å². The maximum Gasteiger partial charge on any atom is 2.00 e. The molecule has 0 aliphatic heterocycles. The van der Waals surface area contributed by atoms with Crippen molar-refractivity contribution in [2.45, 2.75) is 9.79 Å². The number of rotatable bonds is 2. The van der Waals surface area contributed by atoms with E-state index in [4.69, 9.17) is 0 Å². The zero-order valence-electron chi connectivity index (χ0n) is 11.3. The first-order chi connectivity index (χ1) is 10.00. The summed E-state index contributed by atoms with van der Waals surface area (Å²) < 4.78 is 64.0. The van der Waals surface area contributed by atoms with Gasteiger partial charge in [0.25, 0.3) is 0 Å². The van der Waals surface area contributed by atoms with Gasteiger partial charge < -0.3 is 9.11 Å². The standard InChI is InChI=1S/2C6H5IO3S.Hg/c2*7-5-2-1-3-6(4-5)11(8,9)10;/h2*1-4H,(H,8,9,10);/q;;+2/p-2. The number of hydrogen-bond acceptors (Lipinski definition) is 6. The molecular formula is C12H8HgI2O6S2. The molecule has 0 saturated carbocycles. The summed E-state index contributed by atoms with van der Waals surface area (Å²) in [5.74, 6) is 0. The monoisotopic (exact) mass is 768 g/mol. The molecule has 0 bridgehead atoms. The molecular weight excluding hydrogens is 759 g/mol. The Labute approximate surface area is 182 Å². The minimum Gasteiger partial charge on any atom is -0.744 e. The summed E-state index contributed by atoms with van der Waals surface area (Å²) in [7, 11) is -8.56. The van der Waals surface area contributed by atoms with Crippen molar-refractivity contribution in [1.82, 2.24) is 0 Å². The van der Waals surface area contributed by atoms with Crippen LogP contribution in [0.5, 0.6) is 0 Å². The molecule has 0 unspecified atom stereocenters. The molecule has 0 atom stereocenters. The van der Waals surface area contributed by atoms with Crippen LogP contribution in [0.2, 0.25) is 0 Å². The van der Waals surface area contributed by atoms with Gasteiger partial charge in [-0.05, 0) is 81.6 Å². The van der Waals surface area contributed by atoms with E-state index in [1.165, 1.54) is 36.4 Å². The van der Waals surface area contributed by atoms with E-state index < -0.39 is 20.2 Å². The summed E-state index contributed by atoms with van der Waals surface area (Å²) in [4.78, 5) is -0.353. The Kier molecular flexibility index (Phi) is 10.2. The van der Waals surface area contributed by atoms with Crippen LogP contribution in [-0.2, 0) is 47.9 Å². The first-order valence-corrected chi connectivity index (χ1v) is 10.4. The molecule has 0 aromatic heterocycles. The largest absolute Gasteiger partial charge is 2.00 e. The molecule has 0 amide bonds. The average molecular weight is 767 g/mol. The molecule has 0 radical (unpaired) electrons. The Hall–Kier alpha value is 0.655. The van der Waals surface area contributed by atoms with Crippen molar-refractivity contribution in [2.24, 2.45) is 0 Å². The predicted octanol–water partition coefficient (Wildman–Crippen LogP) is 2.39. The summed E-state index contributed by atoms with van der Waals surface area (Å²) in [6.45, 7) is 0. The minimum absolute atomic E-state index is 0. The molecule has 0 aliphatic carbocycles. The van der Waals surface area contributed by atoms with Crippen LogP contribution in [0.1, 0.15) is 0 Å². The van der Waals surface area contributed by atoms with Gasteiger partial charge in [-0.1, -0.05) is 12.1 Å². The Bertz CT molecular complexity index is 795. The maximum atomic E-state index is 10.4. The van der Waals surface area contributed by atoms with Crippen LogP contribution in [-0.4, -0.2) is 25.9 Å². The van der Waals surface area contributed by atoms with Crippen LogP contribution in [0.4, 0.5) is 0 Å². The Morgan fingerprint density at radius 1 is 0.696 bits per heavy atom. The van der Waals surface area contributed by atoms with Crippen molar-refractivity contribution in [3.05, 3.63) is 55.7 Å². The minimum atomic E-state index is -4.28. The molecule has 0 fully saturated rings. The SMILES string of the molecule is O=S(=O)([O-])c1cccc(I)c1.O=S(=O)([O-])c1cccc(I)c1.[Hg+2]. The van der Waals surface area contributed by atoms with Gasteiger partial charge in [0.1, 0.15) is 20.2 Å². The third-order valence-corrected chi connectivity index (χ3v) is 5.17. The molecule has 0 N–H and O–H groups in total. The fraction of sp³-hybridized carbons (Fsp3) is 0. The molecule has 6 nitrogen and oxygen atoms in total. The van der Waals surface area contributed by atoms with Gasteiger partial charge in [0, 0.05) is 7.14 Å². The smallest absolute Gasteiger partial charge is 0.744 e. The summed E-state index contributed by atoms with van der Waals surface area (Å²) >= 11 is 3.88. The molecule has 2 rings (SSSR count). The van der Waals surface area contributed by atoms with Crippen molar-refractivity contribution in [1.29, 1.82) is 0 Å². The van der Waals surface area contributed by atoms with Gasteiger partial charge >= 0.3 is 27.7 Å². The molecule has 0 heterocycles. The number of hydrogen-bond donors (Lipinski definition) is 0. The summed E-state index contributed by atoms with van der Waals surface area (Å²) in [5.41, 5.74) is 0. The van der Waals surface area contributed by atoms with Gasteiger partial charge in [-0.25, -0.2) is 16.8 Å². The second kappa shape index (κ2) is 9.96. The molecule has 23 heavy (non-hydrogen) atoms. The molecule has 0 saturated heterocycles. The van der Waals surface area contributed by atoms with Gasteiger partial charge in [0.2, 0.25) is 0 Å². The van der Waals surface area contributed by atoms with Crippen molar-refractivity contribution >= 4 is 65.4 Å². The molecule has 0 spiro atoms. The maximum absolute atomic E-state index is 10.4. The van der Waals surface area contributed by atoms with E-state index in [1.807, 2.05) is 45.2 Å². The van der Waals surface area contributed by atoms with Gasteiger partial charge in [0.05, 0.1) is 9.79 Å². The molecule has 2 aromatic rings. The van der Waals surface area contributed by atoms with E-state index in [0.717, 1.165) is 7.14 Å². The summed E-state index contributed by atoms with van der Waals surface area (Å²) in [6, 6.07) is 11.7. The number of halogens is 2. The Balaban J connectivity index is 0.000000403. The van der Waals surface area contributed by atoms with Gasteiger partial charge in [-0.3, -0.25) is 0 Å². The topological polar surface area (TPSA) is 114 Å². The van der Waals surface area contributed by atoms with E-state index in [2.05, 4.69) is 0 Å². The van der Waals surface area contributed by atoms with Gasteiger partial charge in [0.15, 0.2) is 0 Å². The third-order valence-electron chi connectivity index (χ3n) is 2.17. The van der Waals surface area contributed by atoms with E-state index >= 15 is 0 Å². The second-order valence-electron chi connectivity index (χ2n) is 3.82. The van der Waals surface area contributed by atoms with E-state index in [-0.39, 0.29) is 37.5 Å². The third kappa shape index (κ3) is 9.06. The quantitative estimate of drug-likeness (QED) is 0.264. The summed E-state index contributed by atoms with van der Waals surface area (Å²) in [5, 5.41) is 0. The van der Waals surface area contributed by atoms with Gasteiger partial charge in [-0.2, -0.15) is 0 Å².